The third kappa shape index (κ3) is 6.67. The van der Waals surface area contributed by atoms with Gasteiger partial charge in [-0.3, -0.25) is 19.2 Å². The predicted molar refractivity (Wildman–Crippen MR) is 160 cm³/mol. The highest BCUT2D eigenvalue weighted by molar-refractivity contribution is 5.74. The van der Waals surface area contributed by atoms with Gasteiger partial charge in [0.25, 0.3) is 0 Å². The van der Waals surface area contributed by atoms with Crippen molar-refractivity contribution in [1.82, 2.24) is 0 Å². The van der Waals surface area contributed by atoms with E-state index in [4.69, 9.17) is 33.2 Å². The smallest absolute Gasteiger partial charge is 0.309 e. The zero-order chi connectivity index (χ0) is 33.4. The summed E-state index contributed by atoms with van der Waals surface area (Å²) >= 11 is 0. The van der Waals surface area contributed by atoms with Gasteiger partial charge in [0.05, 0.1) is 49.8 Å². The van der Waals surface area contributed by atoms with E-state index in [1.807, 2.05) is 0 Å². The highest BCUT2D eigenvalue weighted by atomic mass is 16.7. The molecule has 0 bridgehead atoms. The Morgan fingerprint density at radius 3 is 2.26 bits per heavy atom. The molecule has 258 valence electrons. The Balaban J connectivity index is 1.28. The molecular weight excluding hydrogens is 600 g/mol. The number of fused-ring (bicyclic) bond motifs is 3. The second-order valence-corrected chi connectivity index (χ2v) is 14.4. The summed E-state index contributed by atoms with van der Waals surface area (Å²) < 4.78 is 41.2. The fourth-order valence-electron chi connectivity index (χ4n) is 8.83. The molecular formula is C34H50O12. The summed E-state index contributed by atoms with van der Waals surface area (Å²) in [6, 6.07) is 0. The molecule has 12 heteroatoms. The number of hydrogen-bond donors (Lipinski definition) is 1. The summed E-state index contributed by atoms with van der Waals surface area (Å²) in [6.07, 6.45) is 3.89. The van der Waals surface area contributed by atoms with E-state index < -0.39 is 53.3 Å². The summed E-state index contributed by atoms with van der Waals surface area (Å²) in [5, 5.41) is 9.34. The molecule has 0 aromatic heterocycles. The van der Waals surface area contributed by atoms with Crippen LogP contribution < -0.4 is 0 Å². The maximum atomic E-state index is 13.3. The van der Waals surface area contributed by atoms with Crippen LogP contribution in [0.25, 0.3) is 0 Å². The number of aliphatic hydroxyl groups excluding tert-OH is 1. The van der Waals surface area contributed by atoms with Crippen molar-refractivity contribution in [3.05, 3.63) is 12.3 Å². The summed E-state index contributed by atoms with van der Waals surface area (Å²) in [5.74, 6) is -1.87. The summed E-state index contributed by atoms with van der Waals surface area (Å²) in [7, 11) is 0. The summed E-state index contributed by atoms with van der Waals surface area (Å²) in [4.78, 5) is 50.0. The van der Waals surface area contributed by atoms with Crippen molar-refractivity contribution in [2.45, 2.75) is 135 Å². The van der Waals surface area contributed by atoms with Gasteiger partial charge in [-0.25, -0.2) is 0 Å². The minimum atomic E-state index is -0.847. The molecule has 4 fully saturated rings. The van der Waals surface area contributed by atoms with Crippen LogP contribution in [0.1, 0.15) is 92.9 Å². The molecule has 0 aromatic rings. The summed E-state index contributed by atoms with van der Waals surface area (Å²) in [5.41, 5.74) is -1.69. The molecule has 0 radical (unpaired) electrons. The number of hydrogen-bond acceptors (Lipinski definition) is 12. The Hall–Kier alpha value is -2.70. The topological polar surface area (TPSA) is 156 Å². The second-order valence-electron chi connectivity index (χ2n) is 14.4. The van der Waals surface area contributed by atoms with Crippen molar-refractivity contribution in [3.8, 4) is 0 Å². The molecule has 2 aliphatic carbocycles. The second kappa shape index (κ2) is 13.4. The maximum Gasteiger partial charge on any atom is 0.309 e. The third-order valence-electron chi connectivity index (χ3n) is 11.2. The molecule has 1 spiro atoms. The zero-order valence-corrected chi connectivity index (χ0v) is 27.9. The van der Waals surface area contributed by atoms with Crippen LogP contribution in [0, 0.1) is 28.6 Å². The van der Waals surface area contributed by atoms with Gasteiger partial charge >= 0.3 is 23.9 Å². The molecule has 12 unspecified atom stereocenters. The van der Waals surface area contributed by atoms with Gasteiger partial charge in [-0.15, -0.1) is 0 Å². The van der Waals surface area contributed by atoms with Crippen molar-refractivity contribution in [1.29, 1.82) is 0 Å². The number of carbonyl (C=O) groups is 4. The van der Waals surface area contributed by atoms with Gasteiger partial charge in [0.2, 0.25) is 6.29 Å². The number of ether oxygens (including phenoxy) is 7. The van der Waals surface area contributed by atoms with Crippen LogP contribution in [0.5, 0.6) is 0 Å². The third-order valence-corrected chi connectivity index (χ3v) is 11.2. The molecule has 46 heavy (non-hydrogen) atoms. The van der Waals surface area contributed by atoms with Gasteiger partial charge in [-0.2, -0.15) is 0 Å². The lowest BCUT2D eigenvalue weighted by molar-refractivity contribution is -0.254. The highest BCUT2D eigenvalue weighted by Crippen LogP contribution is 2.70. The average Bonchev–Trinajstić information content (AvgIpc) is 3.38. The molecule has 2 saturated carbocycles. The van der Waals surface area contributed by atoms with Crippen LogP contribution in [-0.4, -0.2) is 84.6 Å². The quantitative estimate of drug-likeness (QED) is 0.186. The lowest BCUT2D eigenvalue weighted by Crippen LogP contribution is -2.69. The monoisotopic (exact) mass is 650 g/mol. The minimum Gasteiger partial charge on any atom is -0.472 e. The fourth-order valence-corrected chi connectivity index (χ4v) is 8.83. The van der Waals surface area contributed by atoms with Gasteiger partial charge in [0.1, 0.15) is 30.5 Å². The fraction of sp³-hybridized carbons (Fsp3) is 0.824. The van der Waals surface area contributed by atoms with E-state index in [1.54, 1.807) is 20.1 Å². The average molecular weight is 651 g/mol. The SMILES string of the molecule is CC(=O)OC1CC(C)C(C)(C2CC3C=COC3O2)C2CCCC3(CO3)C12COC(=O)CC(C)OC(=O)CC(C)OC(=O)CC(C)O. The lowest BCUT2D eigenvalue weighted by Gasteiger charge is -2.64. The van der Waals surface area contributed by atoms with Crippen molar-refractivity contribution in [2.24, 2.45) is 28.6 Å². The number of esters is 4. The van der Waals surface area contributed by atoms with E-state index in [1.165, 1.54) is 13.8 Å². The Morgan fingerprint density at radius 1 is 1.00 bits per heavy atom. The van der Waals surface area contributed by atoms with Crippen LogP contribution in [0.3, 0.4) is 0 Å². The molecule has 1 N–H and O–H groups in total. The molecule has 3 heterocycles. The Kier molecular flexibility index (Phi) is 10.1. The largest absolute Gasteiger partial charge is 0.472 e. The number of rotatable bonds is 12. The van der Waals surface area contributed by atoms with Crippen LogP contribution in [-0.2, 0) is 52.3 Å². The molecule has 3 aliphatic heterocycles. The van der Waals surface area contributed by atoms with Gasteiger partial charge in [0, 0.05) is 18.3 Å². The first-order valence-electron chi connectivity index (χ1n) is 16.7. The van der Waals surface area contributed by atoms with E-state index in [0.29, 0.717) is 13.0 Å². The van der Waals surface area contributed by atoms with Gasteiger partial charge < -0.3 is 38.3 Å². The molecule has 0 aromatic carbocycles. The van der Waals surface area contributed by atoms with E-state index in [-0.39, 0.29) is 67.4 Å². The first-order valence-corrected chi connectivity index (χ1v) is 16.7. The van der Waals surface area contributed by atoms with Crippen molar-refractivity contribution in [2.75, 3.05) is 13.2 Å². The standard InChI is InChI=1S/C34H50O12/c1-19-12-27(45-23(5)36)34(18-41-28(37)14-21(3)44-30(39)15-22(4)43-29(38)13-20(2)35)25(8-7-10-33(34)17-42-33)32(19,6)26-16-24-9-11-40-31(24)46-26/h9,11,19-22,24-27,31,35H,7-8,10,12-18H2,1-6H3. The van der Waals surface area contributed by atoms with Crippen molar-refractivity contribution in [3.63, 3.8) is 0 Å². The summed E-state index contributed by atoms with van der Waals surface area (Å²) in [6.45, 7) is 11.0. The zero-order valence-electron chi connectivity index (χ0n) is 27.9. The number of epoxide rings is 1. The van der Waals surface area contributed by atoms with E-state index >= 15 is 0 Å². The molecule has 5 aliphatic rings. The molecule has 0 amide bonds. The van der Waals surface area contributed by atoms with Crippen LogP contribution in [0.4, 0.5) is 0 Å². The van der Waals surface area contributed by atoms with Gasteiger partial charge in [-0.05, 0) is 64.4 Å². The van der Waals surface area contributed by atoms with Crippen molar-refractivity contribution < 1.29 is 57.4 Å². The molecule has 2 saturated heterocycles. The normalized spacial score (nSPS) is 39.3. The molecule has 12 nitrogen and oxygen atoms in total. The van der Waals surface area contributed by atoms with Crippen LogP contribution in [0.2, 0.25) is 0 Å². The molecule has 5 rings (SSSR count). The van der Waals surface area contributed by atoms with E-state index in [9.17, 15) is 24.3 Å². The highest BCUT2D eigenvalue weighted by Gasteiger charge is 2.76. The first-order chi connectivity index (χ1) is 21.7. The number of aliphatic hydroxyl groups is 1. The lowest BCUT2D eigenvalue weighted by atomic mass is 9.42. The van der Waals surface area contributed by atoms with E-state index in [2.05, 4.69) is 19.9 Å². The minimum absolute atomic E-state index is 0.00364. The Labute approximate surface area is 270 Å². The van der Waals surface area contributed by atoms with Crippen LogP contribution >= 0.6 is 0 Å². The van der Waals surface area contributed by atoms with Crippen molar-refractivity contribution >= 4 is 23.9 Å². The van der Waals surface area contributed by atoms with Gasteiger partial charge in [-0.1, -0.05) is 20.3 Å². The Morgan fingerprint density at radius 2 is 1.65 bits per heavy atom. The first kappa shape index (κ1) is 34.6. The Bertz CT molecular complexity index is 1190. The predicted octanol–water partition coefficient (Wildman–Crippen LogP) is 3.75. The van der Waals surface area contributed by atoms with Crippen LogP contribution in [0.15, 0.2) is 12.3 Å². The molecule has 12 atom stereocenters. The van der Waals surface area contributed by atoms with Gasteiger partial charge in [0.15, 0.2) is 0 Å². The van der Waals surface area contributed by atoms with E-state index in [0.717, 1.165) is 25.7 Å². The maximum absolute atomic E-state index is 13.3. The number of carbonyl (C=O) groups excluding carboxylic acids is 4.